The van der Waals surface area contributed by atoms with E-state index >= 15 is 0 Å². The van der Waals surface area contributed by atoms with Crippen LogP contribution in [0.15, 0.2) is 133 Å². The third-order valence-corrected chi connectivity index (χ3v) is 11.5. The maximum absolute atomic E-state index is 5.55. The number of fused-ring (bicyclic) bond motifs is 13. The lowest BCUT2D eigenvalue weighted by molar-refractivity contribution is 0.525. The Hall–Kier alpha value is -5.58. The number of nitrogens with zero attached hydrogens (tertiary/aromatic N) is 3. The molecule has 48 heavy (non-hydrogen) atoms. The smallest absolute Gasteiger partial charge is 0.231 e. The van der Waals surface area contributed by atoms with Gasteiger partial charge in [0, 0.05) is 32.0 Å². The van der Waals surface area contributed by atoms with E-state index in [1.54, 1.807) is 0 Å². The van der Waals surface area contributed by atoms with E-state index in [2.05, 4.69) is 159 Å². The quantitative estimate of drug-likeness (QED) is 0.190. The van der Waals surface area contributed by atoms with Gasteiger partial charge in [-0.15, -0.1) is 11.3 Å². The molecule has 0 atom stereocenters. The van der Waals surface area contributed by atoms with Crippen LogP contribution in [0.1, 0.15) is 25.0 Å². The first-order chi connectivity index (χ1) is 23.5. The molecule has 0 bridgehead atoms. The van der Waals surface area contributed by atoms with Gasteiger partial charge in [0.1, 0.15) is 0 Å². The van der Waals surface area contributed by atoms with E-state index in [-0.39, 0.29) is 0 Å². The largest absolute Gasteiger partial charge is 0.299 e. The van der Waals surface area contributed by atoms with E-state index in [9.17, 15) is 0 Å². The zero-order valence-corrected chi connectivity index (χ0v) is 27.8. The standard InChI is InChI=1S/C44H31N3S/c1-26-14-4-6-16-28(26)40-32-20-10-12-22-35(32)45-43(46-40)47-41-39(38-29-17-7-5-15-27(29)24-25-34(38)44(47,2)3)31-19-9-8-18-30(31)37-33-21-11-13-23-36(33)48-42(37)41/h4-25H,1-3H3. The van der Waals surface area contributed by atoms with Crippen LogP contribution in [0, 0.1) is 6.92 Å². The Morgan fingerprint density at radius 2 is 1.25 bits per heavy atom. The van der Waals surface area contributed by atoms with Gasteiger partial charge in [-0.3, -0.25) is 4.90 Å². The fourth-order valence-corrected chi connectivity index (χ4v) is 9.37. The summed E-state index contributed by atoms with van der Waals surface area (Å²) in [6.45, 7) is 6.84. The number of aryl methyl sites for hydroxylation is 1. The molecule has 10 rings (SSSR count). The van der Waals surface area contributed by atoms with Gasteiger partial charge in [0.15, 0.2) is 0 Å². The molecule has 2 aromatic heterocycles. The molecule has 9 aromatic rings. The predicted octanol–water partition coefficient (Wildman–Crippen LogP) is 12.3. The predicted molar refractivity (Wildman–Crippen MR) is 205 cm³/mol. The van der Waals surface area contributed by atoms with Crippen LogP contribution < -0.4 is 4.90 Å². The maximum Gasteiger partial charge on any atom is 0.231 e. The molecule has 3 nitrogen and oxygen atoms in total. The van der Waals surface area contributed by atoms with Gasteiger partial charge < -0.3 is 0 Å². The molecular weight excluding hydrogens is 603 g/mol. The molecule has 228 valence electrons. The highest BCUT2D eigenvalue weighted by Gasteiger charge is 2.43. The molecule has 0 fully saturated rings. The Morgan fingerprint density at radius 3 is 2.08 bits per heavy atom. The number of thiophene rings is 1. The number of hydrogen-bond acceptors (Lipinski definition) is 4. The fourth-order valence-electron chi connectivity index (χ4n) is 8.12. The molecule has 0 radical (unpaired) electrons. The number of anilines is 2. The molecule has 3 heterocycles. The van der Waals surface area contributed by atoms with Crippen molar-refractivity contribution in [2.24, 2.45) is 0 Å². The topological polar surface area (TPSA) is 29.0 Å². The summed E-state index contributed by atoms with van der Waals surface area (Å²) in [6, 6.07) is 48.2. The molecule has 7 aromatic carbocycles. The van der Waals surface area contributed by atoms with Gasteiger partial charge >= 0.3 is 0 Å². The van der Waals surface area contributed by atoms with Gasteiger partial charge in [-0.2, -0.15) is 0 Å². The summed E-state index contributed by atoms with van der Waals surface area (Å²) in [5.41, 5.74) is 8.76. The second kappa shape index (κ2) is 9.96. The molecule has 0 spiro atoms. The van der Waals surface area contributed by atoms with Crippen molar-refractivity contribution >= 4 is 75.6 Å². The number of aromatic nitrogens is 2. The van der Waals surface area contributed by atoms with Crippen LogP contribution in [0.2, 0.25) is 0 Å². The normalized spacial score (nSPS) is 13.9. The Morgan fingerprint density at radius 1 is 0.583 bits per heavy atom. The molecule has 1 aliphatic heterocycles. The van der Waals surface area contributed by atoms with Crippen molar-refractivity contribution in [3.63, 3.8) is 0 Å². The second-order valence-electron chi connectivity index (χ2n) is 13.4. The molecule has 0 N–H and O–H groups in total. The van der Waals surface area contributed by atoms with Crippen LogP contribution in [0.3, 0.4) is 0 Å². The summed E-state index contributed by atoms with van der Waals surface area (Å²) in [6.07, 6.45) is 0. The summed E-state index contributed by atoms with van der Waals surface area (Å²) in [5.74, 6) is 0.714. The number of rotatable bonds is 2. The zero-order chi connectivity index (χ0) is 32.1. The first kappa shape index (κ1) is 27.5. The van der Waals surface area contributed by atoms with Crippen LogP contribution in [0.5, 0.6) is 0 Å². The molecule has 0 unspecified atom stereocenters. The number of hydrogen-bond donors (Lipinski definition) is 0. The molecule has 1 aliphatic rings. The first-order valence-electron chi connectivity index (χ1n) is 16.5. The molecular formula is C44H31N3S. The van der Waals surface area contributed by atoms with Crippen molar-refractivity contribution in [1.29, 1.82) is 0 Å². The van der Waals surface area contributed by atoms with Crippen LogP contribution in [-0.4, -0.2) is 9.97 Å². The van der Waals surface area contributed by atoms with Crippen molar-refractivity contribution in [1.82, 2.24) is 9.97 Å². The van der Waals surface area contributed by atoms with Gasteiger partial charge in [0.05, 0.1) is 27.1 Å². The lowest BCUT2D eigenvalue weighted by Crippen LogP contribution is -2.42. The third-order valence-electron chi connectivity index (χ3n) is 10.3. The van der Waals surface area contributed by atoms with Gasteiger partial charge in [-0.05, 0) is 71.1 Å². The Balaban J connectivity index is 1.43. The van der Waals surface area contributed by atoms with Crippen LogP contribution in [0.4, 0.5) is 11.6 Å². The summed E-state index contributed by atoms with van der Waals surface area (Å²) >= 11 is 1.88. The average Bonchev–Trinajstić information content (AvgIpc) is 3.51. The van der Waals surface area contributed by atoms with Gasteiger partial charge in [-0.1, -0.05) is 121 Å². The SMILES string of the molecule is Cc1ccccc1-c1nc(N2c3c(c4ccccc4c4c3sc3ccccc34)-c3c(ccc4ccccc34)C2(C)C)nc2ccccc12. The van der Waals surface area contributed by atoms with Crippen molar-refractivity contribution in [3.8, 4) is 22.4 Å². The van der Waals surface area contributed by atoms with Crippen molar-refractivity contribution in [2.75, 3.05) is 4.90 Å². The highest BCUT2D eigenvalue weighted by Crippen LogP contribution is 2.59. The van der Waals surface area contributed by atoms with E-state index in [1.807, 2.05) is 11.3 Å². The molecule has 0 aliphatic carbocycles. The van der Waals surface area contributed by atoms with E-state index in [0.717, 1.165) is 22.2 Å². The van der Waals surface area contributed by atoms with Crippen LogP contribution in [0.25, 0.3) is 75.0 Å². The van der Waals surface area contributed by atoms with Crippen molar-refractivity contribution in [2.45, 2.75) is 26.3 Å². The summed E-state index contributed by atoms with van der Waals surface area (Å²) in [4.78, 5) is 13.4. The van der Waals surface area contributed by atoms with E-state index in [0.29, 0.717) is 5.95 Å². The van der Waals surface area contributed by atoms with E-state index in [4.69, 9.17) is 9.97 Å². The van der Waals surface area contributed by atoms with Crippen molar-refractivity contribution in [3.05, 3.63) is 145 Å². The number of benzene rings is 7. The van der Waals surface area contributed by atoms with E-state index in [1.165, 1.54) is 69.7 Å². The third kappa shape index (κ3) is 3.69. The monoisotopic (exact) mass is 633 g/mol. The zero-order valence-electron chi connectivity index (χ0n) is 27.0. The second-order valence-corrected chi connectivity index (χ2v) is 14.4. The van der Waals surface area contributed by atoms with Crippen LogP contribution >= 0.6 is 11.3 Å². The van der Waals surface area contributed by atoms with Gasteiger partial charge in [-0.25, -0.2) is 9.97 Å². The molecule has 0 amide bonds. The fraction of sp³-hybridized carbons (Fsp3) is 0.0909. The Bertz CT molecular complexity index is 2790. The minimum absolute atomic E-state index is 0.483. The summed E-state index contributed by atoms with van der Waals surface area (Å²) < 4.78 is 2.55. The van der Waals surface area contributed by atoms with Gasteiger partial charge in [0.25, 0.3) is 0 Å². The molecule has 0 saturated heterocycles. The summed E-state index contributed by atoms with van der Waals surface area (Å²) in [7, 11) is 0. The number of para-hydroxylation sites is 1. The average molecular weight is 634 g/mol. The Labute approximate surface area is 282 Å². The van der Waals surface area contributed by atoms with E-state index < -0.39 is 5.54 Å². The van der Waals surface area contributed by atoms with Crippen LogP contribution in [-0.2, 0) is 5.54 Å². The highest BCUT2D eigenvalue weighted by molar-refractivity contribution is 7.26. The summed E-state index contributed by atoms with van der Waals surface area (Å²) in [5, 5.41) is 8.70. The first-order valence-corrected chi connectivity index (χ1v) is 17.3. The lowest BCUT2D eigenvalue weighted by atomic mass is 9.76. The lowest BCUT2D eigenvalue weighted by Gasteiger charge is -2.46. The highest BCUT2D eigenvalue weighted by atomic mass is 32.1. The molecule has 0 saturated carbocycles. The minimum Gasteiger partial charge on any atom is -0.299 e. The minimum atomic E-state index is -0.483. The van der Waals surface area contributed by atoms with Crippen molar-refractivity contribution < 1.29 is 0 Å². The molecule has 4 heteroatoms. The Kier molecular flexibility index (Phi) is 5.71. The van der Waals surface area contributed by atoms with Gasteiger partial charge in [0.2, 0.25) is 5.95 Å². The maximum atomic E-state index is 5.55.